The molecule has 3 heterocycles. The Morgan fingerprint density at radius 1 is 1.10 bits per heavy atom. The van der Waals surface area contributed by atoms with Gasteiger partial charge in [0.2, 0.25) is 10.0 Å². The topological polar surface area (TPSA) is 63.9 Å². The van der Waals surface area contributed by atoms with Crippen molar-refractivity contribution in [2.24, 2.45) is 4.99 Å². The third-order valence-electron chi connectivity index (χ3n) is 4.98. The highest BCUT2D eigenvalue weighted by atomic mass is 32.2. The predicted octanol–water partition coefficient (Wildman–Crippen LogP) is 4.33. The van der Waals surface area contributed by atoms with Crippen molar-refractivity contribution in [1.29, 1.82) is 0 Å². The Kier molecular flexibility index (Phi) is 6.84. The maximum atomic E-state index is 12.8. The van der Waals surface area contributed by atoms with E-state index in [0.29, 0.717) is 31.2 Å². The van der Waals surface area contributed by atoms with Crippen molar-refractivity contribution in [3.63, 3.8) is 0 Å². The molecule has 1 aliphatic rings. The average Bonchev–Trinajstić information content (AvgIpc) is 3.43. The summed E-state index contributed by atoms with van der Waals surface area (Å²) in [6.45, 7) is 4.77. The molecule has 6 nitrogen and oxygen atoms in total. The lowest BCUT2D eigenvalue weighted by Gasteiger charge is -2.26. The van der Waals surface area contributed by atoms with Crippen LogP contribution < -0.4 is 4.80 Å². The Balaban J connectivity index is 1.64. The Labute approximate surface area is 185 Å². The molecule has 0 radical (unpaired) electrons. The van der Waals surface area contributed by atoms with Crippen LogP contribution in [0.4, 0.5) is 5.69 Å². The van der Waals surface area contributed by atoms with Gasteiger partial charge in [-0.3, -0.25) is 0 Å². The first-order valence-electron chi connectivity index (χ1n) is 10.0. The molecule has 0 spiro atoms. The van der Waals surface area contributed by atoms with Crippen molar-refractivity contribution in [3.05, 3.63) is 52.0 Å². The SMILES string of the molecule is CCCCn1c(-c2cccs2)csc1=Nc1ccc(S(=O)(=O)N2CCOCC2)cc1. The van der Waals surface area contributed by atoms with Gasteiger partial charge >= 0.3 is 0 Å². The van der Waals surface area contributed by atoms with Gasteiger partial charge < -0.3 is 9.30 Å². The highest BCUT2D eigenvalue weighted by molar-refractivity contribution is 7.89. The number of ether oxygens (including phenoxy) is 1. The molecule has 1 fully saturated rings. The standard InChI is InChI=1S/C21H25N3O3S3/c1-2-3-10-24-19(20-5-4-15-28-20)16-29-21(24)22-17-6-8-18(9-7-17)30(25,26)23-11-13-27-14-12-23/h4-9,15-16H,2-3,10-14H2,1H3. The molecular formula is C21H25N3O3S3. The number of unbranched alkanes of at least 4 members (excludes halogenated alkanes) is 1. The largest absolute Gasteiger partial charge is 0.379 e. The van der Waals surface area contributed by atoms with Crippen LogP contribution in [-0.4, -0.2) is 43.6 Å². The molecule has 0 bridgehead atoms. The van der Waals surface area contributed by atoms with E-state index in [1.807, 2.05) is 0 Å². The zero-order valence-electron chi connectivity index (χ0n) is 16.9. The first-order chi connectivity index (χ1) is 14.6. The summed E-state index contributed by atoms with van der Waals surface area (Å²) in [6, 6.07) is 11.0. The molecule has 9 heteroatoms. The van der Waals surface area contributed by atoms with Crippen LogP contribution in [0.25, 0.3) is 10.6 Å². The van der Waals surface area contributed by atoms with Gasteiger partial charge in [0, 0.05) is 25.0 Å². The fourth-order valence-electron chi connectivity index (χ4n) is 3.31. The van der Waals surface area contributed by atoms with E-state index in [-0.39, 0.29) is 0 Å². The van der Waals surface area contributed by atoms with Crippen LogP contribution in [0.15, 0.2) is 57.0 Å². The summed E-state index contributed by atoms with van der Waals surface area (Å²) in [6.07, 6.45) is 2.19. The number of rotatable bonds is 7. The highest BCUT2D eigenvalue weighted by Gasteiger charge is 2.26. The Morgan fingerprint density at radius 2 is 1.87 bits per heavy atom. The van der Waals surface area contributed by atoms with Gasteiger partial charge in [0.25, 0.3) is 0 Å². The molecule has 4 rings (SSSR count). The number of sulfonamides is 1. The highest BCUT2D eigenvalue weighted by Crippen LogP contribution is 2.26. The zero-order chi connectivity index (χ0) is 21.0. The van der Waals surface area contributed by atoms with Gasteiger partial charge in [-0.05, 0) is 42.1 Å². The predicted molar refractivity (Wildman–Crippen MR) is 122 cm³/mol. The van der Waals surface area contributed by atoms with Crippen LogP contribution in [0, 0.1) is 0 Å². The number of hydrogen-bond donors (Lipinski definition) is 0. The molecule has 0 atom stereocenters. The minimum atomic E-state index is -3.49. The van der Waals surface area contributed by atoms with Crippen molar-refractivity contribution in [1.82, 2.24) is 8.87 Å². The second-order valence-corrected chi connectivity index (χ2v) is 10.7. The molecule has 3 aromatic rings. The summed E-state index contributed by atoms with van der Waals surface area (Å²) in [5.74, 6) is 0. The Bertz CT molecular complexity index is 1120. The lowest BCUT2D eigenvalue weighted by molar-refractivity contribution is 0.0730. The minimum absolute atomic E-state index is 0.299. The number of thiazole rings is 1. The van der Waals surface area contributed by atoms with E-state index in [0.717, 1.165) is 29.9 Å². The molecular weight excluding hydrogens is 438 g/mol. The van der Waals surface area contributed by atoms with Crippen molar-refractivity contribution < 1.29 is 13.2 Å². The van der Waals surface area contributed by atoms with Crippen LogP contribution in [-0.2, 0) is 21.3 Å². The third-order valence-corrected chi connectivity index (χ3v) is 8.64. The van der Waals surface area contributed by atoms with E-state index in [4.69, 9.17) is 9.73 Å². The molecule has 160 valence electrons. The molecule has 1 aromatic carbocycles. The lowest BCUT2D eigenvalue weighted by Crippen LogP contribution is -2.40. The minimum Gasteiger partial charge on any atom is -0.379 e. The smallest absolute Gasteiger partial charge is 0.243 e. The molecule has 0 amide bonds. The van der Waals surface area contributed by atoms with Crippen LogP contribution in [0.1, 0.15) is 19.8 Å². The molecule has 0 unspecified atom stereocenters. The maximum Gasteiger partial charge on any atom is 0.243 e. The fraction of sp³-hybridized carbons (Fsp3) is 0.381. The van der Waals surface area contributed by atoms with E-state index in [9.17, 15) is 8.42 Å². The van der Waals surface area contributed by atoms with Gasteiger partial charge in [-0.1, -0.05) is 19.4 Å². The lowest BCUT2D eigenvalue weighted by atomic mass is 10.3. The summed E-state index contributed by atoms with van der Waals surface area (Å²) in [4.78, 5) is 7.28. The fourth-order valence-corrected chi connectivity index (χ4v) is 6.49. The third kappa shape index (κ3) is 4.60. The molecule has 0 N–H and O–H groups in total. The quantitative estimate of drug-likeness (QED) is 0.524. The van der Waals surface area contributed by atoms with E-state index < -0.39 is 10.0 Å². The summed E-state index contributed by atoms with van der Waals surface area (Å²) >= 11 is 3.34. The van der Waals surface area contributed by atoms with Crippen molar-refractivity contribution in [2.45, 2.75) is 31.2 Å². The van der Waals surface area contributed by atoms with Crippen molar-refractivity contribution >= 4 is 38.4 Å². The summed E-state index contributed by atoms with van der Waals surface area (Å²) in [7, 11) is -3.49. The summed E-state index contributed by atoms with van der Waals surface area (Å²) in [5.41, 5.74) is 1.94. The number of benzene rings is 1. The van der Waals surface area contributed by atoms with Crippen LogP contribution in [0.3, 0.4) is 0 Å². The maximum absolute atomic E-state index is 12.8. The first kappa shape index (κ1) is 21.5. The molecule has 2 aromatic heterocycles. The molecule has 30 heavy (non-hydrogen) atoms. The number of aromatic nitrogens is 1. The van der Waals surface area contributed by atoms with Gasteiger partial charge in [0.15, 0.2) is 4.80 Å². The number of nitrogens with zero attached hydrogens (tertiary/aromatic N) is 3. The van der Waals surface area contributed by atoms with Crippen LogP contribution in [0.5, 0.6) is 0 Å². The Morgan fingerprint density at radius 3 is 2.53 bits per heavy atom. The molecule has 0 saturated carbocycles. The van der Waals surface area contributed by atoms with E-state index >= 15 is 0 Å². The van der Waals surface area contributed by atoms with Crippen LogP contribution in [0.2, 0.25) is 0 Å². The van der Waals surface area contributed by atoms with Gasteiger partial charge in [-0.25, -0.2) is 13.4 Å². The molecule has 1 saturated heterocycles. The molecule has 1 aliphatic heterocycles. The van der Waals surface area contributed by atoms with Crippen molar-refractivity contribution in [2.75, 3.05) is 26.3 Å². The Hall–Kier alpha value is -1.78. The normalized spacial score (nSPS) is 16.2. The van der Waals surface area contributed by atoms with E-state index in [1.165, 1.54) is 14.9 Å². The number of thiophene rings is 1. The summed E-state index contributed by atoms with van der Waals surface area (Å²) < 4.78 is 34.6. The average molecular weight is 464 g/mol. The van der Waals surface area contributed by atoms with E-state index in [2.05, 4.69) is 34.4 Å². The monoisotopic (exact) mass is 463 g/mol. The second kappa shape index (κ2) is 9.57. The van der Waals surface area contributed by atoms with Gasteiger partial charge in [-0.2, -0.15) is 4.31 Å². The number of morpholine rings is 1. The number of hydrogen-bond acceptors (Lipinski definition) is 6. The van der Waals surface area contributed by atoms with Crippen LogP contribution >= 0.6 is 22.7 Å². The summed E-state index contributed by atoms with van der Waals surface area (Å²) in [5, 5.41) is 4.24. The second-order valence-electron chi connectivity index (χ2n) is 7.01. The van der Waals surface area contributed by atoms with Gasteiger partial charge in [0.1, 0.15) is 0 Å². The molecule has 0 aliphatic carbocycles. The van der Waals surface area contributed by atoms with Gasteiger partial charge in [-0.15, -0.1) is 22.7 Å². The van der Waals surface area contributed by atoms with Gasteiger partial charge in [0.05, 0.1) is 34.4 Å². The first-order valence-corrected chi connectivity index (χ1v) is 13.2. The van der Waals surface area contributed by atoms with E-state index in [1.54, 1.807) is 46.9 Å². The van der Waals surface area contributed by atoms with Crippen molar-refractivity contribution in [3.8, 4) is 10.6 Å². The zero-order valence-corrected chi connectivity index (χ0v) is 19.3.